The lowest BCUT2D eigenvalue weighted by atomic mass is 10.2. The zero-order chi connectivity index (χ0) is 20.6. The van der Waals surface area contributed by atoms with Crippen LogP contribution in [0.3, 0.4) is 0 Å². The summed E-state index contributed by atoms with van der Waals surface area (Å²) >= 11 is 0. The maximum atomic E-state index is 12.5. The van der Waals surface area contributed by atoms with E-state index in [9.17, 15) is 9.59 Å². The second-order valence-electron chi connectivity index (χ2n) is 6.47. The van der Waals surface area contributed by atoms with Crippen LogP contribution in [0.1, 0.15) is 26.2 Å². The van der Waals surface area contributed by atoms with Gasteiger partial charge in [0.25, 0.3) is 5.56 Å². The number of carbonyl (C=O) groups is 1. The highest BCUT2D eigenvalue weighted by Crippen LogP contribution is 2.37. The van der Waals surface area contributed by atoms with Crippen LogP contribution in [0.25, 0.3) is 10.8 Å². The summed E-state index contributed by atoms with van der Waals surface area (Å²) in [4.78, 5) is 24.6. The van der Waals surface area contributed by atoms with E-state index in [0.717, 1.165) is 18.2 Å². The maximum absolute atomic E-state index is 12.5. The van der Waals surface area contributed by atoms with Gasteiger partial charge in [0.2, 0.25) is 5.75 Å². The predicted octanol–water partition coefficient (Wildman–Crippen LogP) is 3.58. The average Bonchev–Trinajstić information content (AvgIpc) is 2.75. The zero-order valence-corrected chi connectivity index (χ0v) is 16.6. The molecule has 3 rings (SSSR count). The Morgan fingerprint density at radius 2 is 1.90 bits per heavy atom. The molecule has 0 bridgehead atoms. The molecular formula is C22H24N2O5. The summed E-state index contributed by atoms with van der Waals surface area (Å²) < 4.78 is 17.9. The van der Waals surface area contributed by atoms with E-state index in [1.165, 1.54) is 11.8 Å². The molecule has 0 aliphatic carbocycles. The highest BCUT2D eigenvalue weighted by molar-refractivity contribution is 5.80. The van der Waals surface area contributed by atoms with Gasteiger partial charge in [0.1, 0.15) is 6.61 Å². The molecule has 0 radical (unpaired) electrons. The number of esters is 1. The number of fused-ring (bicyclic) bond motifs is 1. The van der Waals surface area contributed by atoms with E-state index in [2.05, 4.69) is 5.10 Å². The second-order valence-corrected chi connectivity index (χ2v) is 6.47. The number of ether oxygens (including phenoxy) is 3. The Hall–Kier alpha value is -3.35. The molecular weight excluding hydrogens is 372 g/mol. The molecule has 3 aromatic rings. The molecule has 0 aliphatic rings. The van der Waals surface area contributed by atoms with E-state index >= 15 is 0 Å². The van der Waals surface area contributed by atoms with Crippen molar-refractivity contribution in [2.45, 2.75) is 32.7 Å². The molecule has 0 unspecified atom stereocenters. The fraction of sp³-hybridized carbons (Fsp3) is 0.318. The van der Waals surface area contributed by atoms with Crippen LogP contribution >= 0.6 is 0 Å². The van der Waals surface area contributed by atoms with Crippen molar-refractivity contribution >= 4 is 16.7 Å². The standard InChI is InChI=1S/C22H24N2O5/c1-3-4-12-20(25)29-21-18(27-2)10-7-11-19(21)28-14-13-24-22(26)17-9-6-5-8-16(17)15-23-24/h5-11,15H,3-4,12-14H2,1-2H3. The van der Waals surface area contributed by atoms with E-state index in [4.69, 9.17) is 14.2 Å². The van der Waals surface area contributed by atoms with Crippen molar-refractivity contribution in [1.29, 1.82) is 0 Å². The van der Waals surface area contributed by atoms with Gasteiger partial charge in [0.05, 0.1) is 25.2 Å². The van der Waals surface area contributed by atoms with Gasteiger partial charge in [-0.3, -0.25) is 9.59 Å². The molecule has 7 nitrogen and oxygen atoms in total. The second kappa shape index (κ2) is 9.73. The summed E-state index contributed by atoms with van der Waals surface area (Å²) in [6.45, 7) is 2.44. The lowest BCUT2D eigenvalue weighted by Crippen LogP contribution is -2.25. The topological polar surface area (TPSA) is 79.7 Å². The molecule has 1 heterocycles. The number of hydrogen-bond donors (Lipinski definition) is 0. The van der Waals surface area contributed by atoms with Crippen LogP contribution in [0, 0.1) is 0 Å². The molecule has 0 spiro atoms. The Bertz CT molecular complexity index is 1040. The highest BCUT2D eigenvalue weighted by Gasteiger charge is 2.16. The van der Waals surface area contributed by atoms with Crippen molar-refractivity contribution in [3.63, 3.8) is 0 Å². The molecule has 152 valence electrons. The summed E-state index contributed by atoms with van der Waals surface area (Å²) in [6.07, 6.45) is 3.63. The van der Waals surface area contributed by atoms with E-state index in [0.29, 0.717) is 23.3 Å². The quantitative estimate of drug-likeness (QED) is 0.406. The molecule has 29 heavy (non-hydrogen) atoms. The minimum atomic E-state index is -0.339. The highest BCUT2D eigenvalue weighted by atomic mass is 16.6. The van der Waals surface area contributed by atoms with E-state index < -0.39 is 0 Å². The van der Waals surface area contributed by atoms with Gasteiger partial charge in [0, 0.05) is 11.8 Å². The first-order chi connectivity index (χ1) is 14.1. The van der Waals surface area contributed by atoms with Crippen molar-refractivity contribution in [1.82, 2.24) is 9.78 Å². The summed E-state index contributed by atoms with van der Waals surface area (Å²) in [7, 11) is 1.50. The van der Waals surface area contributed by atoms with Crippen molar-refractivity contribution in [2.75, 3.05) is 13.7 Å². The smallest absolute Gasteiger partial charge is 0.311 e. The lowest BCUT2D eigenvalue weighted by molar-refractivity contribution is -0.134. The molecule has 7 heteroatoms. The Morgan fingerprint density at radius 3 is 2.69 bits per heavy atom. The van der Waals surface area contributed by atoms with Crippen LogP contribution in [0.5, 0.6) is 17.2 Å². The minimum absolute atomic E-state index is 0.177. The number of methoxy groups -OCH3 is 1. The molecule has 0 aliphatic heterocycles. The number of unbranched alkanes of at least 4 members (excludes halogenated alkanes) is 1. The predicted molar refractivity (Wildman–Crippen MR) is 110 cm³/mol. The Labute approximate surface area is 168 Å². The van der Waals surface area contributed by atoms with Gasteiger partial charge in [-0.25, -0.2) is 4.68 Å². The van der Waals surface area contributed by atoms with E-state index in [-0.39, 0.29) is 30.4 Å². The Morgan fingerprint density at radius 1 is 1.10 bits per heavy atom. The third-order valence-corrected chi connectivity index (χ3v) is 4.44. The van der Waals surface area contributed by atoms with Crippen molar-refractivity contribution in [3.8, 4) is 17.2 Å². The minimum Gasteiger partial charge on any atom is -0.493 e. The number of benzene rings is 2. The molecule has 0 N–H and O–H groups in total. The van der Waals surface area contributed by atoms with Crippen LogP contribution in [-0.4, -0.2) is 29.5 Å². The number of aromatic nitrogens is 2. The monoisotopic (exact) mass is 396 g/mol. The summed E-state index contributed by atoms with van der Waals surface area (Å²) in [5.41, 5.74) is -0.177. The van der Waals surface area contributed by atoms with Crippen molar-refractivity contribution < 1.29 is 19.0 Å². The van der Waals surface area contributed by atoms with Crippen LogP contribution in [0.15, 0.2) is 53.5 Å². The Balaban J connectivity index is 1.73. The number of rotatable bonds is 9. The van der Waals surface area contributed by atoms with E-state index in [1.54, 1.807) is 30.5 Å². The maximum Gasteiger partial charge on any atom is 0.311 e. The van der Waals surface area contributed by atoms with Crippen molar-refractivity contribution in [3.05, 3.63) is 59.0 Å². The van der Waals surface area contributed by atoms with Crippen LogP contribution in [0.4, 0.5) is 0 Å². The number of nitrogens with zero attached hydrogens (tertiary/aromatic N) is 2. The van der Waals surface area contributed by atoms with Crippen LogP contribution < -0.4 is 19.8 Å². The third kappa shape index (κ3) is 4.93. The van der Waals surface area contributed by atoms with Crippen LogP contribution in [0.2, 0.25) is 0 Å². The molecule has 0 amide bonds. The first-order valence-corrected chi connectivity index (χ1v) is 9.59. The summed E-state index contributed by atoms with van der Waals surface area (Å²) in [6, 6.07) is 12.4. The third-order valence-electron chi connectivity index (χ3n) is 4.44. The van der Waals surface area contributed by atoms with Gasteiger partial charge < -0.3 is 14.2 Å². The molecule has 0 saturated heterocycles. The summed E-state index contributed by atoms with van der Waals surface area (Å²) in [5.74, 6) is 0.694. The largest absolute Gasteiger partial charge is 0.493 e. The molecule has 0 atom stereocenters. The van der Waals surface area contributed by atoms with Gasteiger partial charge in [0.15, 0.2) is 11.5 Å². The molecule has 0 saturated carbocycles. The first-order valence-electron chi connectivity index (χ1n) is 9.59. The van der Waals surface area contributed by atoms with Gasteiger partial charge in [-0.1, -0.05) is 37.6 Å². The lowest BCUT2D eigenvalue weighted by Gasteiger charge is -2.15. The SMILES string of the molecule is CCCCC(=O)Oc1c(OC)cccc1OCCn1ncc2ccccc2c1=O. The molecule has 0 fully saturated rings. The molecule has 1 aromatic heterocycles. The molecule has 2 aromatic carbocycles. The number of para-hydroxylation sites is 1. The van der Waals surface area contributed by atoms with E-state index in [1.807, 2.05) is 25.1 Å². The first kappa shape index (κ1) is 20.4. The van der Waals surface area contributed by atoms with Gasteiger partial charge in [-0.2, -0.15) is 5.10 Å². The Kier molecular flexibility index (Phi) is 6.84. The fourth-order valence-electron chi connectivity index (χ4n) is 2.89. The fourth-order valence-corrected chi connectivity index (χ4v) is 2.89. The average molecular weight is 396 g/mol. The number of carbonyl (C=O) groups excluding carboxylic acids is 1. The van der Waals surface area contributed by atoms with Crippen LogP contribution in [-0.2, 0) is 11.3 Å². The van der Waals surface area contributed by atoms with Crippen molar-refractivity contribution in [2.24, 2.45) is 0 Å². The van der Waals surface area contributed by atoms with Gasteiger partial charge >= 0.3 is 5.97 Å². The zero-order valence-electron chi connectivity index (χ0n) is 16.6. The normalized spacial score (nSPS) is 10.7. The summed E-state index contributed by atoms with van der Waals surface area (Å²) in [5, 5.41) is 5.59. The van der Waals surface area contributed by atoms with Gasteiger partial charge in [-0.05, 0) is 24.6 Å². The van der Waals surface area contributed by atoms with Gasteiger partial charge in [-0.15, -0.1) is 0 Å². The number of hydrogen-bond acceptors (Lipinski definition) is 6.